The van der Waals surface area contributed by atoms with Gasteiger partial charge in [0, 0.05) is 31.0 Å². The largest absolute Gasteiger partial charge is 0.371 e. The van der Waals surface area contributed by atoms with Crippen LogP contribution in [0.5, 0.6) is 0 Å². The molecule has 1 fully saturated rings. The molecular weight excluding hydrogens is 378 g/mol. The van der Waals surface area contributed by atoms with Crippen LogP contribution in [-0.4, -0.2) is 41.5 Å². The number of aromatic nitrogens is 2. The molecule has 8 heteroatoms. The molecule has 1 aliphatic rings. The van der Waals surface area contributed by atoms with Crippen LogP contribution in [0.1, 0.15) is 32.3 Å². The van der Waals surface area contributed by atoms with Gasteiger partial charge in [-0.1, -0.05) is 36.9 Å². The number of aryl methyl sites for hydroxylation is 1. The maximum absolute atomic E-state index is 12.3. The molecule has 1 amide bonds. The van der Waals surface area contributed by atoms with Gasteiger partial charge in [0.15, 0.2) is 4.34 Å². The summed E-state index contributed by atoms with van der Waals surface area (Å²) in [5.74, 6) is 0.849. The number of rotatable bonds is 8. The first-order chi connectivity index (χ1) is 13.0. The van der Waals surface area contributed by atoms with Gasteiger partial charge >= 0.3 is 0 Å². The number of anilines is 3. The van der Waals surface area contributed by atoms with Crippen LogP contribution in [0.3, 0.4) is 0 Å². The fourth-order valence-corrected chi connectivity index (χ4v) is 4.56. The fourth-order valence-electron chi connectivity index (χ4n) is 3.00. The maximum Gasteiger partial charge on any atom is 0.234 e. The molecule has 1 aromatic carbocycles. The molecule has 0 aliphatic carbocycles. The molecule has 2 N–H and O–H groups in total. The fraction of sp³-hybridized carbons (Fsp3) is 0.526. The standard InChI is InChI=1S/C19H27N5OS2/c1-13(2)11-20-18-22-23-19(27-18)26-12-17(25)21-15-6-7-16(14(3)10-15)24-8-4-5-9-24/h6-7,10,13H,4-5,8-9,11-12H2,1-3H3,(H,20,22)(H,21,25). The zero-order valence-electron chi connectivity index (χ0n) is 16.1. The highest BCUT2D eigenvalue weighted by molar-refractivity contribution is 8.01. The Kier molecular flexibility index (Phi) is 6.95. The van der Waals surface area contributed by atoms with Crippen molar-refractivity contribution in [3.63, 3.8) is 0 Å². The van der Waals surface area contributed by atoms with Gasteiger partial charge in [0.2, 0.25) is 11.0 Å². The Bertz CT molecular complexity index is 771. The predicted octanol–water partition coefficient (Wildman–Crippen LogP) is 4.25. The van der Waals surface area contributed by atoms with E-state index in [0.29, 0.717) is 11.7 Å². The van der Waals surface area contributed by atoms with Crippen LogP contribution in [-0.2, 0) is 4.79 Å². The summed E-state index contributed by atoms with van der Waals surface area (Å²) in [5.41, 5.74) is 3.32. The average Bonchev–Trinajstić information content (AvgIpc) is 3.30. The summed E-state index contributed by atoms with van der Waals surface area (Å²) in [6.45, 7) is 9.51. The highest BCUT2D eigenvalue weighted by atomic mass is 32.2. The minimum absolute atomic E-state index is 0.0276. The van der Waals surface area contributed by atoms with E-state index in [2.05, 4.69) is 58.6 Å². The number of carbonyl (C=O) groups excluding carboxylic acids is 1. The van der Waals surface area contributed by atoms with Crippen molar-refractivity contribution in [1.82, 2.24) is 10.2 Å². The van der Waals surface area contributed by atoms with Gasteiger partial charge in [-0.3, -0.25) is 4.79 Å². The molecule has 0 bridgehead atoms. The molecule has 27 heavy (non-hydrogen) atoms. The second-order valence-electron chi connectivity index (χ2n) is 7.18. The number of nitrogens with one attached hydrogen (secondary N) is 2. The van der Waals surface area contributed by atoms with Crippen molar-refractivity contribution in [2.75, 3.05) is 40.9 Å². The van der Waals surface area contributed by atoms with Crippen molar-refractivity contribution in [3.05, 3.63) is 23.8 Å². The van der Waals surface area contributed by atoms with E-state index in [1.165, 1.54) is 47.2 Å². The van der Waals surface area contributed by atoms with Crippen molar-refractivity contribution in [2.45, 2.75) is 38.0 Å². The minimum Gasteiger partial charge on any atom is -0.371 e. The van der Waals surface area contributed by atoms with Crippen LogP contribution in [0.15, 0.2) is 22.5 Å². The van der Waals surface area contributed by atoms with Gasteiger partial charge in [-0.2, -0.15) is 0 Å². The van der Waals surface area contributed by atoms with E-state index in [4.69, 9.17) is 0 Å². The SMILES string of the molecule is Cc1cc(NC(=O)CSc2nnc(NCC(C)C)s2)ccc1N1CCCC1. The number of hydrogen-bond acceptors (Lipinski definition) is 7. The zero-order valence-corrected chi connectivity index (χ0v) is 17.8. The smallest absolute Gasteiger partial charge is 0.234 e. The second-order valence-corrected chi connectivity index (χ2v) is 9.38. The lowest BCUT2D eigenvalue weighted by molar-refractivity contribution is -0.113. The lowest BCUT2D eigenvalue weighted by Gasteiger charge is -2.20. The maximum atomic E-state index is 12.3. The van der Waals surface area contributed by atoms with E-state index in [9.17, 15) is 4.79 Å². The summed E-state index contributed by atoms with van der Waals surface area (Å²) < 4.78 is 0.803. The Morgan fingerprint density at radius 3 is 2.78 bits per heavy atom. The summed E-state index contributed by atoms with van der Waals surface area (Å²) in [6, 6.07) is 6.15. The summed E-state index contributed by atoms with van der Waals surface area (Å²) in [5, 5.41) is 15.3. The zero-order chi connectivity index (χ0) is 19.2. The van der Waals surface area contributed by atoms with Gasteiger partial charge in [0.1, 0.15) is 0 Å². The van der Waals surface area contributed by atoms with Crippen LogP contribution >= 0.6 is 23.1 Å². The minimum atomic E-state index is -0.0276. The van der Waals surface area contributed by atoms with E-state index < -0.39 is 0 Å². The molecule has 6 nitrogen and oxygen atoms in total. The lowest BCUT2D eigenvalue weighted by atomic mass is 10.1. The van der Waals surface area contributed by atoms with Gasteiger partial charge < -0.3 is 15.5 Å². The van der Waals surface area contributed by atoms with Crippen LogP contribution in [0, 0.1) is 12.8 Å². The van der Waals surface area contributed by atoms with Gasteiger partial charge in [-0.05, 0) is 49.4 Å². The summed E-state index contributed by atoms with van der Waals surface area (Å²) in [6.07, 6.45) is 2.52. The molecule has 0 atom stereocenters. The van der Waals surface area contributed by atoms with Gasteiger partial charge in [0.25, 0.3) is 0 Å². The van der Waals surface area contributed by atoms with Crippen molar-refractivity contribution in [1.29, 1.82) is 0 Å². The Balaban J connectivity index is 1.48. The van der Waals surface area contributed by atoms with Crippen molar-refractivity contribution in [3.8, 4) is 0 Å². The quantitative estimate of drug-likeness (QED) is 0.640. The molecule has 0 saturated carbocycles. The normalized spacial score (nSPS) is 14.0. The third-order valence-electron chi connectivity index (χ3n) is 4.32. The number of nitrogens with zero attached hydrogens (tertiary/aromatic N) is 3. The molecule has 146 valence electrons. The Morgan fingerprint density at radius 1 is 1.30 bits per heavy atom. The molecule has 0 spiro atoms. The van der Waals surface area contributed by atoms with E-state index >= 15 is 0 Å². The topological polar surface area (TPSA) is 70.1 Å². The monoisotopic (exact) mass is 405 g/mol. The third-order valence-corrected chi connectivity index (χ3v) is 6.34. The van der Waals surface area contributed by atoms with E-state index in [1.807, 2.05) is 6.07 Å². The van der Waals surface area contributed by atoms with Crippen molar-refractivity contribution >= 4 is 45.5 Å². The van der Waals surface area contributed by atoms with E-state index in [-0.39, 0.29) is 5.91 Å². The molecule has 1 aromatic heterocycles. The first-order valence-corrected chi connectivity index (χ1v) is 11.2. The molecule has 1 aliphatic heterocycles. The van der Waals surface area contributed by atoms with Crippen molar-refractivity contribution in [2.24, 2.45) is 5.92 Å². The molecule has 2 heterocycles. The molecule has 2 aromatic rings. The first kappa shape index (κ1) is 19.9. The Labute approximate surface area is 169 Å². The third kappa shape index (κ3) is 5.84. The Morgan fingerprint density at radius 2 is 2.07 bits per heavy atom. The van der Waals surface area contributed by atoms with E-state index in [1.54, 1.807) is 0 Å². The number of amides is 1. The van der Waals surface area contributed by atoms with Crippen LogP contribution in [0.2, 0.25) is 0 Å². The highest BCUT2D eigenvalue weighted by Gasteiger charge is 2.15. The van der Waals surface area contributed by atoms with Crippen LogP contribution < -0.4 is 15.5 Å². The number of carbonyl (C=O) groups is 1. The number of thioether (sulfide) groups is 1. The second kappa shape index (κ2) is 9.41. The van der Waals surface area contributed by atoms with Gasteiger partial charge in [-0.25, -0.2) is 0 Å². The van der Waals surface area contributed by atoms with Gasteiger partial charge in [-0.15, -0.1) is 10.2 Å². The first-order valence-electron chi connectivity index (χ1n) is 9.37. The lowest BCUT2D eigenvalue weighted by Crippen LogP contribution is -2.19. The van der Waals surface area contributed by atoms with Crippen LogP contribution in [0.4, 0.5) is 16.5 Å². The predicted molar refractivity (Wildman–Crippen MR) is 115 cm³/mol. The molecular formula is C19H27N5OS2. The summed E-state index contributed by atoms with van der Waals surface area (Å²) in [7, 11) is 0. The molecule has 1 saturated heterocycles. The Hall–Kier alpha value is -1.80. The van der Waals surface area contributed by atoms with Gasteiger partial charge in [0.05, 0.1) is 5.75 Å². The molecule has 0 radical (unpaired) electrons. The summed E-state index contributed by atoms with van der Waals surface area (Å²) in [4.78, 5) is 14.7. The summed E-state index contributed by atoms with van der Waals surface area (Å²) >= 11 is 2.90. The van der Waals surface area contributed by atoms with Crippen LogP contribution in [0.25, 0.3) is 0 Å². The van der Waals surface area contributed by atoms with Crippen molar-refractivity contribution < 1.29 is 4.79 Å². The molecule has 3 rings (SSSR count). The number of hydrogen-bond donors (Lipinski definition) is 2. The van der Waals surface area contributed by atoms with E-state index in [0.717, 1.165) is 34.8 Å². The average molecular weight is 406 g/mol. The molecule has 0 unspecified atom stereocenters. The number of benzene rings is 1. The highest BCUT2D eigenvalue weighted by Crippen LogP contribution is 2.28.